The first-order chi connectivity index (χ1) is 10.1. The zero-order valence-electron chi connectivity index (χ0n) is 12.0. The van der Waals surface area contributed by atoms with Gasteiger partial charge in [0.15, 0.2) is 0 Å². The van der Waals surface area contributed by atoms with Gasteiger partial charge in [-0.15, -0.1) is 0 Å². The van der Waals surface area contributed by atoms with E-state index in [9.17, 15) is 34.2 Å². The molecule has 5 N–H and O–H groups in total. The van der Waals surface area contributed by atoms with Crippen LogP contribution in [0, 0.1) is 12.8 Å². The molecule has 1 saturated carbocycles. The minimum atomic E-state index is -4.50. The van der Waals surface area contributed by atoms with Crippen LogP contribution in [-0.2, 0) is 10.1 Å². The quantitative estimate of drug-likeness (QED) is 0.419. The Hall–Kier alpha value is -1.25. The van der Waals surface area contributed by atoms with E-state index in [0.29, 0.717) is 0 Å². The Kier molecular flexibility index (Phi) is 4.47. The lowest BCUT2D eigenvalue weighted by molar-refractivity contribution is 0.0900. The molecule has 1 aromatic rings. The van der Waals surface area contributed by atoms with E-state index in [1.165, 1.54) is 13.1 Å². The molecule has 10 heteroatoms. The highest BCUT2D eigenvalue weighted by Gasteiger charge is 2.49. The number of nitrogens with one attached hydrogen (secondary N) is 1. The fourth-order valence-corrected chi connectivity index (χ4v) is 4.33. The summed E-state index contributed by atoms with van der Waals surface area (Å²) in [6.07, 6.45) is -0.464. The second kappa shape index (κ2) is 5.75. The third-order valence-electron chi connectivity index (χ3n) is 4.14. The lowest BCUT2D eigenvalue weighted by atomic mass is 9.97. The number of aliphatic hydroxyl groups is 2. The van der Waals surface area contributed by atoms with Crippen molar-refractivity contribution in [1.29, 1.82) is 0 Å². The zero-order valence-corrected chi connectivity index (χ0v) is 12.9. The Bertz CT molecular complexity index is 721. The molecule has 0 amide bonds. The van der Waals surface area contributed by atoms with Gasteiger partial charge >= 0.3 is 13.3 Å². The van der Waals surface area contributed by atoms with Crippen molar-refractivity contribution in [2.24, 2.45) is 5.92 Å². The van der Waals surface area contributed by atoms with E-state index in [2.05, 4.69) is 4.98 Å². The molecule has 1 aliphatic carbocycles. The van der Waals surface area contributed by atoms with Gasteiger partial charge in [-0.3, -0.25) is 18.9 Å². The molecule has 0 aromatic carbocycles. The summed E-state index contributed by atoms with van der Waals surface area (Å²) in [7, 11) is -4.50. The lowest BCUT2D eigenvalue weighted by Crippen LogP contribution is -2.45. The summed E-state index contributed by atoms with van der Waals surface area (Å²) in [5.41, 5.74) is -2.51. The van der Waals surface area contributed by atoms with Crippen LogP contribution in [0.25, 0.3) is 0 Å². The van der Waals surface area contributed by atoms with E-state index in [-0.39, 0.29) is 25.0 Å². The van der Waals surface area contributed by atoms with Gasteiger partial charge in [0.25, 0.3) is 5.56 Å². The molecule has 124 valence electrons. The van der Waals surface area contributed by atoms with E-state index in [4.69, 9.17) is 0 Å². The van der Waals surface area contributed by atoms with Gasteiger partial charge in [0, 0.05) is 24.3 Å². The van der Waals surface area contributed by atoms with Crippen molar-refractivity contribution >= 4 is 7.60 Å². The molecular formula is C12H19N2O7P. The van der Waals surface area contributed by atoms with Gasteiger partial charge in [-0.1, -0.05) is 0 Å². The van der Waals surface area contributed by atoms with E-state index in [1.807, 2.05) is 0 Å². The molecule has 9 nitrogen and oxygen atoms in total. The molecule has 1 fully saturated rings. The molecule has 2 rings (SSSR count). The number of H-pyrrole nitrogens is 1. The van der Waals surface area contributed by atoms with Crippen molar-refractivity contribution in [2.45, 2.75) is 31.4 Å². The summed E-state index contributed by atoms with van der Waals surface area (Å²) in [5, 5.41) is 19.3. The third kappa shape index (κ3) is 3.23. The van der Waals surface area contributed by atoms with E-state index in [0.717, 1.165) is 4.57 Å². The van der Waals surface area contributed by atoms with Crippen molar-refractivity contribution in [3.8, 4) is 0 Å². The summed E-state index contributed by atoms with van der Waals surface area (Å²) >= 11 is 0. The number of rotatable bonds is 4. The number of aryl methyl sites for hydroxylation is 1. The van der Waals surface area contributed by atoms with Gasteiger partial charge in [-0.25, -0.2) is 4.79 Å². The fraction of sp³-hybridized carbons (Fsp3) is 0.667. The highest BCUT2D eigenvalue weighted by molar-refractivity contribution is 7.51. The Balaban J connectivity index is 2.61. The van der Waals surface area contributed by atoms with Gasteiger partial charge in [-0.05, 0) is 19.8 Å². The Morgan fingerprint density at radius 3 is 2.55 bits per heavy atom. The molecule has 1 aromatic heterocycles. The summed E-state index contributed by atoms with van der Waals surface area (Å²) in [5.74, 6) is -0.592. The predicted octanol–water partition coefficient (Wildman–Crippen LogP) is -1.52. The Morgan fingerprint density at radius 2 is 2.05 bits per heavy atom. The molecule has 1 aliphatic rings. The van der Waals surface area contributed by atoms with Crippen LogP contribution >= 0.6 is 7.60 Å². The summed E-state index contributed by atoms with van der Waals surface area (Å²) < 4.78 is 12.6. The smallest absolute Gasteiger partial charge is 0.328 e. The molecular weight excluding hydrogens is 315 g/mol. The number of aromatic nitrogens is 2. The van der Waals surface area contributed by atoms with Crippen LogP contribution in [0.1, 0.15) is 18.4 Å². The number of hydrogen-bond donors (Lipinski definition) is 5. The second-order valence-electron chi connectivity index (χ2n) is 5.91. The normalized spacial score (nSPS) is 29.0. The van der Waals surface area contributed by atoms with Crippen LogP contribution in [-0.4, -0.2) is 48.4 Å². The zero-order chi connectivity index (χ0) is 16.7. The summed E-state index contributed by atoms with van der Waals surface area (Å²) in [6.45, 7) is 1.11. The second-order valence-corrected chi connectivity index (χ2v) is 7.55. The third-order valence-corrected chi connectivity index (χ3v) is 5.14. The molecule has 0 saturated heterocycles. The average molecular weight is 334 g/mol. The Morgan fingerprint density at radius 1 is 1.41 bits per heavy atom. The van der Waals surface area contributed by atoms with Crippen molar-refractivity contribution in [1.82, 2.24) is 9.55 Å². The van der Waals surface area contributed by atoms with Gasteiger partial charge in [-0.2, -0.15) is 0 Å². The lowest BCUT2D eigenvalue weighted by Gasteiger charge is -2.32. The first-order valence-electron chi connectivity index (χ1n) is 6.74. The topological polar surface area (TPSA) is 153 Å². The average Bonchev–Trinajstić information content (AvgIpc) is 2.68. The molecule has 0 unspecified atom stereocenters. The monoisotopic (exact) mass is 334 g/mol. The largest absolute Gasteiger partial charge is 0.396 e. The van der Waals surface area contributed by atoms with Crippen molar-refractivity contribution in [3.63, 3.8) is 0 Å². The van der Waals surface area contributed by atoms with Gasteiger partial charge < -0.3 is 20.0 Å². The summed E-state index contributed by atoms with van der Waals surface area (Å²) in [6, 6.07) is 0. The van der Waals surface area contributed by atoms with Crippen molar-refractivity contribution in [3.05, 3.63) is 32.6 Å². The van der Waals surface area contributed by atoms with Crippen molar-refractivity contribution in [2.75, 3.05) is 12.8 Å². The molecule has 0 spiro atoms. The van der Waals surface area contributed by atoms with E-state index < -0.39 is 42.6 Å². The van der Waals surface area contributed by atoms with E-state index in [1.54, 1.807) is 0 Å². The van der Waals surface area contributed by atoms with Crippen LogP contribution < -0.4 is 11.2 Å². The minimum Gasteiger partial charge on any atom is -0.396 e. The standard InChI is InChI=1S/C12H19N2O7P/c1-7-4-14(11(18)13-10(7)17)12(6-22(19,20)21)2-8(5-15)9(16)3-12/h4,8-9,15-16H,2-3,5-6H2,1H3,(H,13,17,18)(H2,19,20,21)/t8-,9+,12-/m1/s1. The van der Waals surface area contributed by atoms with Crippen LogP contribution in [0.15, 0.2) is 15.8 Å². The molecule has 0 bridgehead atoms. The maximum Gasteiger partial charge on any atom is 0.328 e. The fourth-order valence-electron chi connectivity index (χ4n) is 3.15. The number of nitrogens with zero attached hydrogens (tertiary/aromatic N) is 1. The number of aliphatic hydroxyl groups excluding tert-OH is 2. The highest BCUT2D eigenvalue weighted by Crippen LogP contribution is 2.49. The molecule has 1 heterocycles. The minimum absolute atomic E-state index is 0.0289. The van der Waals surface area contributed by atoms with Gasteiger partial charge in [0.1, 0.15) is 0 Å². The van der Waals surface area contributed by atoms with Crippen molar-refractivity contribution < 1.29 is 24.6 Å². The number of hydrogen-bond acceptors (Lipinski definition) is 5. The summed E-state index contributed by atoms with van der Waals surface area (Å²) in [4.78, 5) is 44.3. The Labute approximate surface area is 125 Å². The molecule has 3 atom stereocenters. The molecule has 22 heavy (non-hydrogen) atoms. The van der Waals surface area contributed by atoms with Crippen LogP contribution in [0.5, 0.6) is 0 Å². The van der Waals surface area contributed by atoms with Gasteiger partial charge in [0.05, 0.1) is 17.8 Å². The van der Waals surface area contributed by atoms with E-state index >= 15 is 0 Å². The highest BCUT2D eigenvalue weighted by atomic mass is 31.2. The molecule has 0 radical (unpaired) electrons. The van der Waals surface area contributed by atoms with Gasteiger partial charge in [0.2, 0.25) is 0 Å². The maximum atomic E-state index is 12.1. The predicted molar refractivity (Wildman–Crippen MR) is 76.8 cm³/mol. The number of aromatic amines is 1. The first-order valence-corrected chi connectivity index (χ1v) is 8.54. The van der Waals surface area contributed by atoms with Crippen LogP contribution in [0.3, 0.4) is 0 Å². The van der Waals surface area contributed by atoms with Crippen LogP contribution in [0.2, 0.25) is 0 Å². The van der Waals surface area contributed by atoms with Crippen LogP contribution in [0.4, 0.5) is 0 Å². The first kappa shape index (κ1) is 17.1. The SMILES string of the molecule is Cc1cn([C@]2(CP(=O)(O)O)C[C@H](CO)[C@@H](O)C2)c(=O)[nH]c1=O. The maximum absolute atomic E-state index is 12.1. The molecule has 0 aliphatic heterocycles.